The molecule has 0 atom stereocenters. The van der Waals surface area contributed by atoms with Gasteiger partial charge in [0.05, 0.1) is 16.3 Å². The van der Waals surface area contributed by atoms with Crippen molar-refractivity contribution in [3.05, 3.63) is 41.4 Å². The highest BCUT2D eigenvalue weighted by molar-refractivity contribution is 7.91. The Labute approximate surface area is 140 Å². The minimum absolute atomic E-state index is 0.0872. The van der Waals surface area contributed by atoms with Crippen molar-refractivity contribution in [3.8, 4) is 0 Å². The van der Waals surface area contributed by atoms with E-state index in [1.54, 1.807) is 18.2 Å². The third-order valence-electron chi connectivity index (χ3n) is 3.22. The third kappa shape index (κ3) is 4.87. The van der Waals surface area contributed by atoms with E-state index in [1.807, 2.05) is 26.2 Å². The van der Waals surface area contributed by atoms with E-state index in [4.69, 9.17) is 0 Å². The Balaban J connectivity index is 1.94. The van der Waals surface area contributed by atoms with Crippen LogP contribution < -0.4 is 5.32 Å². The lowest BCUT2D eigenvalue weighted by atomic mass is 9.93. The van der Waals surface area contributed by atoms with Crippen LogP contribution in [-0.4, -0.2) is 25.1 Å². The maximum absolute atomic E-state index is 12.1. The normalized spacial score (nSPS) is 12.1. The summed E-state index contributed by atoms with van der Waals surface area (Å²) in [6.07, 6.45) is -0.0956. The highest BCUT2D eigenvalue weighted by atomic mass is 32.2. The van der Waals surface area contributed by atoms with Crippen LogP contribution in [0.2, 0.25) is 0 Å². The zero-order valence-corrected chi connectivity index (χ0v) is 15.0. The molecule has 0 bridgehead atoms. The summed E-state index contributed by atoms with van der Waals surface area (Å²) in [6.45, 7) is 6.13. The number of nitrogens with one attached hydrogen (secondary N) is 1. The molecular formula is C16H20N2O3S2. The minimum Gasteiger partial charge on any atom is -0.302 e. The lowest BCUT2D eigenvalue weighted by Gasteiger charge is -2.14. The van der Waals surface area contributed by atoms with E-state index >= 15 is 0 Å². The smallest absolute Gasteiger partial charge is 0.227 e. The van der Waals surface area contributed by atoms with E-state index in [-0.39, 0.29) is 28.4 Å². The number of thiazole rings is 1. The van der Waals surface area contributed by atoms with Gasteiger partial charge in [-0.05, 0) is 12.1 Å². The number of anilines is 1. The first-order valence-electron chi connectivity index (χ1n) is 7.22. The predicted molar refractivity (Wildman–Crippen MR) is 92.6 cm³/mol. The first-order valence-corrected chi connectivity index (χ1v) is 9.75. The van der Waals surface area contributed by atoms with Gasteiger partial charge in [-0.3, -0.25) is 4.79 Å². The van der Waals surface area contributed by atoms with Crippen molar-refractivity contribution < 1.29 is 13.2 Å². The Hall–Kier alpha value is -1.73. The molecule has 0 aliphatic rings. The van der Waals surface area contributed by atoms with E-state index in [2.05, 4.69) is 10.3 Å². The summed E-state index contributed by atoms with van der Waals surface area (Å²) in [6, 6.07) is 8.14. The number of carbonyl (C=O) groups is 1. The third-order valence-corrected chi connectivity index (χ3v) is 5.71. The minimum atomic E-state index is -3.44. The molecule has 5 nitrogen and oxygen atoms in total. The van der Waals surface area contributed by atoms with Crippen molar-refractivity contribution in [1.82, 2.24) is 4.98 Å². The highest BCUT2D eigenvalue weighted by Crippen LogP contribution is 2.26. The Morgan fingerprint density at radius 2 is 1.87 bits per heavy atom. The number of carbonyl (C=O) groups excluding carboxylic acids is 1. The average Bonchev–Trinajstić information content (AvgIpc) is 2.95. The van der Waals surface area contributed by atoms with Gasteiger partial charge in [-0.2, -0.15) is 0 Å². The number of hydrogen-bond acceptors (Lipinski definition) is 5. The van der Waals surface area contributed by atoms with Gasteiger partial charge < -0.3 is 5.32 Å². The van der Waals surface area contributed by atoms with E-state index < -0.39 is 9.84 Å². The number of aromatic nitrogens is 1. The number of benzene rings is 1. The summed E-state index contributed by atoms with van der Waals surface area (Å²) in [7, 11) is -3.44. The average molecular weight is 352 g/mol. The first-order chi connectivity index (χ1) is 10.7. The number of nitrogens with zero attached hydrogens (tertiary/aromatic N) is 1. The summed E-state index contributed by atoms with van der Waals surface area (Å²) >= 11 is 1.34. The fourth-order valence-corrected chi connectivity index (χ4v) is 4.05. The fourth-order valence-electron chi connectivity index (χ4n) is 1.83. The van der Waals surface area contributed by atoms with Gasteiger partial charge in [-0.25, -0.2) is 13.4 Å². The molecule has 1 amide bonds. The number of sulfone groups is 1. The Kier molecular flexibility index (Phi) is 5.21. The van der Waals surface area contributed by atoms with Crippen molar-refractivity contribution in [3.63, 3.8) is 0 Å². The van der Waals surface area contributed by atoms with Gasteiger partial charge in [0, 0.05) is 17.2 Å². The largest absolute Gasteiger partial charge is 0.302 e. The molecule has 0 fully saturated rings. The molecule has 124 valence electrons. The molecule has 0 saturated heterocycles. The van der Waals surface area contributed by atoms with Crippen LogP contribution in [0.5, 0.6) is 0 Å². The van der Waals surface area contributed by atoms with Crippen molar-refractivity contribution in [2.45, 2.75) is 37.5 Å². The number of rotatable bonds is 5. The second kappa shape index (κ2) is 6.80. The summed E-state index contributed by atoms with van der Waals surface area (Å²) in [5.41, 5.74) is 0.811. The van der Waals surface area contributed by atoms with Gasteiger partial charge in [-0.1, -0.05) is 39.0 Å². The molecular weight excluding hydrogens is 332 g/mol. The van der Waals surface area contributed by atoms with E-state index in [0.717, 1.165) is 5.69 Å². The Morgan fingerprint density at radius 3 is 2.43 bits per heavy atom. The van der Waals surface area contributed by atoms with Crippen molar-refractivity contribution in [1.29, 1.82) is 0 Å². The molecule has 0 aliphatic heterocycles. The van der Waals surface area contributed by atoms with Crippen molar-refractivity contribution in [2.24, 2.45) is 0 Å². The Bertz CT molecular complexity index is 775. The summed E-state index contributed by atoms with van der Waals surface area (Å²) in [5, 5.41) is 5.06. The molecule has 1 aromatic carbocycles. The number of amides is 1. The zero-order chi connectivity index (χ0) is 17.1. The molecule has 1 N–H and O–H groups in total. The Morgan fingerprint density at radius 1 is 1.22 bits per heavy atom. The van der Waals surface area contributed by atoms with Crippen LogP contribution in [0.15, 0.2) is 40.6 Å². The van der Waals surface area contributed by atoms with Crippen LogP contribution in [0.25, 0.3) is 0 Å². The van der Waals surface area contributed by atoms with Gasteiger partial charge in [0.25, 0.3) is 0 Å². The fraction of sp³-hybridized carbons (Fsp3) is 0.375. The maximum atomic E-state index is 12.1. The van der Waals surface area contributed by atoms with Crippen LogP contribution in [0.4, 0.5) is 5.13 Å². The summed E-state index contributed by atoms with van der Waals surface area (Å²) in [5.74, 6) is -0.570. The molecule has 0 unspecified atom stereocenters. The molecule has 0 aliphatic carbocycles. The first kappa shape index (κ1) is 17.6. The van der Waals surface area contributed by atoms with Crippen LogP contribution in [0.1, 0.15) is 32.9 Å². The summed E-state index contributed by atoms with van der Waals surface area (Å²) < 4.78 is 24.3. The maximum Gasteiger partial charge on any atom is 0.227 e. The second-order valence-corrected chi connectivity index (χ2v) is 9.19. The van der Waals surface area contributed by atoms with Gasteiger partial charge in [0.2, 0.25) is 5.91 Å². The molecule has 2 aromatic rings. The zero-order valence-electron chi connectivity index (χ0n) is 13.4. The second-order valence-electron chi connectivity index (χ2n) is 6.22. The van der Waals surface area contributed by atoms with Crippen LogP contribution in [0, 0.1) is 0 Å². The lowest BCUT2D eigenvalue weighted by Crippen LogP contribution is -2.18. The quantitative estimate of drug-likeness (QED) is 0.896. The highest BCUT2D eigenvalue weighted by Gasteiger charge is 2.19. The monoisotopic (exact) mass is 352 g/mol. The number of hydrogen-bond donors (Lipinski definition) is 1. The molecule has 1 aromatic heterocycles. The van der Waals surface area contributed by atoms with Crippen LogP contribution >= 0.6 is 11.3 Å². The molecule has 0 spiro atoms. The van der Waals surface area contributed by atoms with Crippen molar-refractivity contribution >= 4 is 32.2 Å². The summed E-state index contributed by atoms with van der Waals surface area (Å²) in [4.78, 5) is 16.5. The van der Waals surface area contributed by atoms with Crippen LogP contribution in [-0.2, 0) is 20.0 Å². The van der Waals surface area contributed by atoms with Gasteiger partial charge in [-0.15, -0.1) is 11.3 Å². The molecule has 0 saturated carbocycles. The molecule has 7 heteroatoms. The lowest BCUT2D eigenvalue weighted by molar-refractivity contribution is -0.115. The van der Waals surface area contributed by atoms with Gasteiger partial charge >= 0.3 is 0 Å². The topological polar surface area (TPSA) is 76.1 Å². The van der Waals surface area contributed by atoms with E-state index in [0.29, 0.717) is 5.13 Å². The molecule has 1 heterocycles. The van der Waals surface area contributed by atoms with Crippen LogP contribution in [0.3, 0.4) is 0 Å². The van der Waals surface area contributed by atoms with E-state index in [9.17, 15) is 13.2 Å². The van der Waals surface area contributed by atoms with Crippen molar-refractivity contribution in [2.75, 3.05) is 11.1 Å². The molecule has 23 heavy (non-hydrogen) atoms. The van der Waals surface area contributed by atoms with Gasteiger partial charge in [0.15, 0.2) is 15.0 Å². The van der Waals surface area contributed by atoms with E-state index in [1.165, 1.54) is 23.5 Å². The molecule has 2 rings (SSSR count). The predicted octanol–water partition coefficient (Wildman–Crippen LogP) is 3.24. The molecule has 0 radical (unpaired) electrons. The standard InChI is InChI=1S/C16H20N2O3S2/c1-16(2,3)13-11-22-15(17-13)18-14(19)9-10-23(20,21)12-7-5-4-6-8-12/h4-8,11H,9-10H2,1-3H3,(H,17,18,19). The SMILES string of the molecule is CC(C)(C)c1csc(NC(=O)CCS(=O)(=O)c2ccccc2)n1. The van der Waals surface area contributed by atoms with Gasteiger partial charge in [0.1, 0.15) is 0 Å².